The summed E-state index contributed by atoms with van der Waals surface area (Å²) in [6, 6.07) is 9.12. The molecule has 0 spiro atoms. The number of phenols is 1. The van der Waals surface area contributed by atoms with Gasteiger partial charge < -0.3 is 10.8 Å². The van der Waals surface area contributed by atoms with Crippen molar-refractivity contribution < 1.29 is 13.5 Å². The Morgan fingerprint density at radius 1 is 1.19 bits per heavy atom. The van der Waals surface area contributed by atoms with E-state index in [1.807, 2.05) is 0 Å². The van der Waals surface area contributed by atoms with Crippen LogP contribution < -0.4 is 10.0 Å². The molecule has 3 N–H and O–H groups in total. The summed E-state index contributed by atoms with van der Waals surface area (Å²) >= 11 is 3.26. The lowest BCUT2D eigenvalue weighted by atomic mass is 10.2. The Morgan fingerprint density at radius 2 is 1.76 bits per heavy atom. The number of nitrogen functional groups attached to an aromatic ring is 1. The van der Waals surface area contributed by atoms with Gasteiger partial charge in [0, 0.05) is 17.2 Å². The molecule has 0 unspecified atom stereocenters. The first-order valence-corrected chi connectivity index (χ1v) is 8.30. The third-order valence-electron chi connectivity index (χ3n) is 3.22. The maximum atomic E-state index is 12.7. The smallest absolute Gasteiger partial charge is 0.264 e. The summed E-state index contributed by atoms with van der Waals surface area (Å²) in [4.78, 5) is 0.143. The molecule has 2 aromatic rings. The van der Waals surface area contributed by atoms with Gasteiger partial charge in [-0.3, -0.25) is 4.31 Å². The van der Waals surface area contributed by atoms with E-state index >= 15 is 0 Å². The van der Waals surface area contributed by atoms with Crippen LogP contribution >= 0.6 is 15.9 Å². The highest BCUT2D eigenvalue weighted by Crippen LogP contribution is 2.30. The Balaban J connectivity index is 2.54. The van der Waals surface area contributed by atoms with Crippen molar-refractivity contribution in [3.63, 3.8) is 0 Å². The molecule has 0 saturated carbocycles. The fraction of sp³-hybridized carbons (Fsp3) is 0.143. The van der Waals surface area contributed by atoms with Crippen LogP contribution in [0.25, 0.3) is 0 Å². The van der Waals surface area contributed by atoms with Crippen LogP contribution in [-0.4, -0.2) is 20.6 Å². The fourth-order valence-electron chi connectivity index (χ4n) is 1.89. The molecule has 0 aliphatic rings. The van der Waals surface area contributed by atoms with Crippen molar-refractivity contribution in [2.45, 2.75) is 11.8 Å². The highest BCUT2D eigenvalue weighted by Gasteiger charge is 2.24. The molecule has 0 atom stereocenters. The number of hydrogen-bond donors (Lipinski definition) is 2. The number of benzene rings is 2. The molecule has 5 nitrogen and oxygen atoms in total. The molecule has 0 fully saturated rings. The van der Waals surface area contributed by atoms with Crippen LogP contribution in [0.4, 0.5) is 11.4 Å². The zero-order valence-corrected chi connectivity index (χ0v) is 13.9. The van der Waals surface area contributed by atoms with Crippen molar-refractivity contribution in [1.82, 2.24) is 0 Å². The van der Waals surface area contributed by atoms with Crippen molar-refractivity contribution in [2.24, 2.45) is 0 Å². The molecule has 0 aromatic heterocycles. The van der Waals surface area contributed by atoms with Gasteiger partial charge in [0.15, 0.2) is 0 Å². The van der Waals surface area contributed by atoms with E-state index in [0.29, 0.717) is 21.4 Å². The number of aromatic hydroxyl groups is 1. The van der Waals surface area contributed by atoms with Crippen molar-refractivity contribution >= 4 is 37.3 Å². The minimum atomic E-state index is -3.74. The summed E-state index contributed by atoms with van der Waals surface area (Å²) in [7, 11) is -2.28. The SMILES string of the molecule is Cc1c(N)cc(Br)cc1S(=O)(=O)N(C)c1ccc(O)cc1. The van der Waals surface area contributed by atoms with Gasteiger partial charge in [0.1, 0.15) is 5.75 Å². The highest BCUT2D eigenvalue weighted by molar-refractivity contribution is 9.10. The predicted molar refractivity (Wildman–Crippen MR) is 87.0 cm³/mol. The lowest BCUT2D eigenvalue weighted by Gasteiger charge is -2.21. The second-order valence-electron chi connectivity index (χ2n) is 4.61. The van der Waals surface area contributed by atoms with E-state index in [-0.39, 0.29) is 10.6 Å². The second-order valence-corrected chi connectivity index (χ2v) is 7.46. The van der Waals surface area contributed by atoms with Crippen LogP contribution in [-0.2, 0) is 10.0 Å². The van der Waals surface area contributed by atoms with E-state index in [9.17, 15) is 13.5 Å². The number of nitrogens with zero attached hydrogens (tertiary/aromatic N) is 1. The van der Waals surface area contributed by atoms with Gasteiger partial charge in [0.25, 0.3) is 10.0 Å². The lowest BCUT2D eigenvalue weighted by molar-refractivity contribution is 0.475. The quantitative estimate of drug-likeness (QED) is 0.813. The molecule has 7 heteroatoms. The molecule has 2 aromatic carbocycles. The van der Waals surface area contributed by atoms with Crippen molar-refractivity contribution in [3.05, 3.63) is 46.4 Å². The molecular weight excluding hydrogens is 356 g/mol. The molecule has 0 aliphatic heterocycles. The largest absolute Gasteiger partial charge is 0.508 e. The van der Waals surface area contributed by atoms with Crippen LogP contribution in [0.5, 0.6) is 5.75 Å². The summed E-state index contributed by atoms with van der Waals surface area (Å²) in [5, 5.41) is 9.28. The minimum absolute atomic E-state index is 0.0763. The maximum absolute atomic E-state index is 12.7. The van der Waals surface area contributed by atoms with Gasteiger partial charge in [0.05, 0.1) is 10.6 Å². The molecule has 0 amide bonds. The zero-order chi connectivity index (χ0) is 15.8. The number of phenolic OH excluding ortho intramolecular Hbond substituents is 1. The Labute approximate surface area is 132 Å². The average Bonchev–Trinajstić information content (AvgIpc) is 2.42. The number of sulfonamides is 1. The van der Waals surface area contributed by atoms with Crippen LogP contribution in [0.2, 0.25) is 0 Å². The zero-order valence-electron chi connectivity index (χ0n) is 11.5. The number of rotatable bonds is 3. The summed E-state index contributed by atoms with van der Waals surface area (Å²) in [6.07, 6.45) is 0. The molecule has 2 rings (SSSR count). The maximum Gasteiger partial charge on any atom is 0.264 e. The third kappa shape index (κ3) is 2.98. The van der Waals surface area contributed by atoms with E-state index in [2.05, 4.69) is 15.9 Å². The van der Waals surface area contributed by atoms with Crippen LogP contribution in [0.15, 0.2) is 45.8 Å². The van der Waals surface area contributed by atoms with E-state index in [0.717, 1.165) is 4.31 Å². The molecule has 0 radical (unpaired) electrons. The van der Waals surface area contributed by atoms with Crippen molar-refractivity contribution in [1.29, 1.82) is 0 Å². The average molecular weight is 371 g/mol. The van der Waals surface area contributed by atoms with Gasteiger partial charge in [-0.15, -0.1) is 0 Å². The Bertz CT molecular complexity index is 774. The monoisotopic (exact) mass is 370 g/mol. The summed E-state index contributed by atoms with van der Waals surface area (Å²) < 4.78 is 27.2. The van der Waals surface area contributed by atoms with Gasteiger partial charge in [-0.05, 0) is 48.9 Å². The van der Waals surface area contributed by atoms with Gasteiger partial charge >= 0.3 is 0 Å². The molecule has 0 saturated heterocycles. The molecular formula is C14H15BrN2O3S. The number of hydrogen-bond acceptors (Lipinski definition) is 4. The van der Waals surface area contributed by atoms with Gasteiger partial charge in [-0.25, -0.2) is 8.42 Å². The standard InChI is InChI=1S/C14H15BrN2O3S/c1-9-13(16)7-10(15)8-14(9)21(19,20)17(2)11-3-5-12(18)6-4-11/h3-8,18H,16H2,1-2H3. The minimum Gasteiger partial charge on any atom is -0.508 e. The first-order valence-electron chi connectivity index (χ1n) is 6.07. The first-order chi connectivity index (χ1) is 9.73. The summed E-state index contributed by atoms with van der Waals surface area (Å²) in [6.45, 7) is 1.67. The van der Waals surface area contributed by atoms with Crippen LogP contribution in [0.1, 0.15) is 5.56 Å². The molecule has 0 aliphatic carbocycles. The first kappa shape index (κ1) is 15.7. The molecule has 0 heterocycles. The summed E-state index contributed by atoms with van der Waals surface area (Å²) in [5.74, 6) is 0.0763. The second kappa shape index (κ2) is 5.57. The summed E-state index contributed by atoms with van der Waals surface area (Å²) in [5.41, 5.74) is 7.19. The van der Waals surface area contributed by atoms with Gasteiger partial charge in [0.2, 0.25) is 0 Å². The number of anilines is 2. The molecule has 0 bridgehead atoms. The molecule has 21 heavy (non-hydrogen) atoms. The van der Waals surface area contributed by atoms with Gasteiger partial charge in [-0.2, -0.15) is 0 Å². The topological polar surface area (TPSA) is 83.6 Å². The number of nitrogens with two attached hydrogens (primary N) is 1. The van der Waals surface area contributed by atoms with Crippen molar-refractivity contribution in [2.75, 3.05) is 17.1 Å². The third-order valence-corrected chi connectivity index (χ3v) is 5.59. The highest BCUT2D eigenvalue weighted by atomic mass is 79.9. The fourth-order valence-corrected chi connectivity index (χ4v) is 3.99. The van der Waals surface area contributed by atoms with E-state index in [4.69, 9.17) is 5.73 Å². The normalized spacial score (nSPS) is 11.4. The van der Waals surface area contributed by atoms with Gasteiger partial charge in [-0.1, -0.05) is 15.9 Å². The Kier molecular flexibility index (Phi) is 4.15. The Morgan fingerprint density at radius 3 is 2.33 bits per heavy atom. The number of halogens is 1. The van der Waals surface area contributed by atoms with E-state index in [1.165, 1.54) is 37.4 Å². The predicted octanol–water partition coefficient (Wildman–Crippen LogP) is 2.87. The van der Waals surface area contributed by atoms with E-state index in [1.54, 1.807) is 13.0 Å². The van der Waals surface area contributed by atoms with Crippen LogP contribution in [0.3, 0.4) is 0 Å². The van der Waals surface area contributed by atoms with E-state index < -0.39 is 10.0 Å². The van der Waals surface area contributed by atoms with Crippen molar-refractivity contribution in [3.8, 4) is 5.75 Å². The Hall–Kier alpha value is -1.73. The lowest BCUT2D eigenvalue weighted by Crippen LogP contribution is -2.27. The molecule has 112 valence electrons. The van der Waals surface area contributed by atoms with Crippen LogP contribution in [0, 0.1) is 6.92 Å².